The van der Waals surface area contributed by atoms with Gasteiger partial charge in [-0.15, -0.1) is 24.0 Å². The van der Waals surface area contributed by atoms with Crippen molar-refractivity contribution in [3.05, 3.63) is 65.7 Å². The maximum Gasteiger partial charge on any atom is 0.196 e. The first-order valence-electron chi connectivity index (χ1n) is 9.50. The summed E-state index contributed by atoms with van der Waals surface area (Å²) >= 11 is 0. The second kappa shape index (κ2) is 15.3. The standard InChI is InChI=1S/C22H31N3O2.HI/c1-19-10-12-20(13-11-19)18-24-22(25-21-8-4-3-5-9-21)23-14-6-7-15-27-17-16-26-2;/h3-5,8-13H,6-7,14-18H2,1-2H3,(H2,23,24,25);1H. The van der Waals surface area contributed by atoms with Gasteiger partial charge >= 0.3 is 0 Å². The fourth-order valence-electron chi connectivity index (χ4n) is 2.44. The molecule has 2 aromatic carbocycles. The summed E-state index contributed by atoms with van der Waals surface area (Å²) in [4.78, 5) is 4.72. The Kier molecular flexibility index (Phi) is 13.3. The number of benzene rings is 2. The second-order valence-corrected chi connectivity index (χ2v) is 6.38. The van der Waals surface area contributed by atoms with Crippen molar-refractivity contribution in [3.63, 3.8) is 0 Å². The lowest BCUT2D eigenvalue weighted by molar-refractivity contribution is 0.0689. The van der Waals surface area contributed by atoms with Gasteiger partial charge in [-0.1, -0.05) is 48.0 Å². The summed E-state index contributed by atoms with van der Waals surface area (Å²) < 4.78 is 10.5. The molecule has 0 atom stereocenters. The Bertz CT molecular complexity index is 663. The number of nitrogens with zero attached hydrogens (tertiary/aromatic N) is 1. The number of hydrogen-bond acceptors (Lipinski definition) is 3. The van der Waals surface area contributed by atoms with Crippen molar-refractivity contribution < 1.29 is 9.47 Å². The molecule has 0 unspecified atom stereocenters. The molecule has 2 aromatic rings. The fraction of sp³-hybridized carbons (Fsp3) is 0.409. The maximum absolute atomic E-state index is 5.49. The monoisotopic (exact) mass is 497 g/mol. The molecular formula is C22H32IN3O2. The molecule has 5 nitrogen and oxygen atoms in total. The minimum atomic E-state index is 0. The van der Waals surface area contributed by atoms with Gasteiger partial charge in [0.05, 0.1) is 19.8 Å². The summed E-state index contributed by atoms with van der Waals surface area (Å²) in [6.07, 6.45) is 2.03. The highest BCUT2D eigenvalue weighted by atomic mass is 127. The van der Waals surface area contributed by atoms with Crippen LogP contribution >= 0.6 is 24.0 Å². The molecule has 2 rings (SSSR count). The number of ether oxygens (including phenoxy) is 2. The number of nitrogens with one attached hydrogen (secondary N) is 2. The van der Waals surface area contributed by atoms with Crippen LogP contribution in [0.1, 0.15) is 24.0 Å². The van der Waals surface area contributed by atoms with Crippen molar-refractivity contribution in [2.45, 2.75) is 26.3 Å². The Labute approximate surface area is 186 Å². The van der Waals surface area contributed by atoms with Crippen molar-refractivity contribution >= 4 is 35.6 Å². The Balaban J connectivity index is 0.00000392. The van der Waals surface area contributed by atoms with Gasteiger partial charge < -0.3 is 20.1 Å². The average Bonchev–Trinajstić information content (AvgIpc) is 2.70. The normalized spacial score (nSPS) is 11.0. The summed E-state index contributed by atoms with van der Waals surface area (Å²) in [7, 11) is 1.69. The highest BCUT2D eigenvalue weighted by Crippen LogP contribution is 2.07. The fourth-order valence-corrected chi connectivity index (χ4v) is 2.44. The lowest BCUT2D eigenvalue weighted by Gasteiger charge is -2.13. The molecule has 28 heavy (non-hydrogen) atoms. The van der Waals surface area contributed by atoms with Gasteiger partial charge in [0.1, 0.15) is 0 Å². The van der Waals surface area contributed by atoms with Crippen LogP contribution in [0.3, 0.4) is 0 Å². The summed E-state index contributed by atoms with van der Waals surface area (Å²) in [5, 5.41) is 6.78. The molecule has 0 aliphatic carbocycles. The number of para-hydroxylation sites is 1. The van der Waals surface area contributed by atoms with Crippen LogP contribution in [0, 0.1) is 6.92 Å². The molecule has 154 valence electrons. The van der Waals surface area contributed by atoms with Crippen LogP contribution in [0.25, 0.3) is 0 Å². The molecule has 0 aliphatic rings. The van der Waals surface area contributed by atoms with Crippen molar-refractivity contribution in [2.24, 2.45) is 4.99 Å². The molecule has 0 radical (unpaired) electrons. The van der Waals surface area contributed by atoms with Gasteiger partial charge in [-0.25, -0.2) is 4.99 Å². The van der Waals surface area contributed by atoms with Crippen molar-refractivity contribution in [1.82, 2.24) is 5.32 Å². The molecule has 0 spiro atoms. The summed E-state index contributed by atoms with van der Waals surface area (Å²) in [6, 6.07) is 18.6. The van der Waals surface area contributed by atoms with Crippen LogP contribution in [0.15, 0.2) is 59.6 Å². The highest BCUT2D eigenvalue weighted by Gasteiger charge is 2.00. The quantitative estimate of drug-likeness (QED) is 0.206. The zero-order valence-corrected chi connectivity index (χ0v) is 19.1. The number of halogens is 1. The highest BCUT2D eigenvalue weighted by molar-refractivity contribution is 14.0. The van der Waals surface area contributed by atoms with Crippen LogP contribution in [-0.2, 0) is 16.0 Å². The van der Waals surface area contributed by atoms with Crippen LogP contribution < -0.4 is 10.6 Å². The number of guanidine groups is 1. The Morgan fingerprint density at radius 2 is 1.68 bits per heavy atom. The van der Waals surface area contributed by atoms with E-state index in [9.17, 15) is 0 Å². The number of anilines is 1. The summed E-state index contributed by atoms with van der Waals surface area (Å²) in [6.45, 7) is 5.64. The van der Waals surface area contributed by atoms with Gasteiger partial charge in [0.15, 0.2) is 5.96 Å². The van der Waals surface area contributed by atoms with Gasteiger partial charge in [-0.05, 0) is 37.5 Å². The predicted octanol–water partition coefficient (Wildman–Crippen LogP) is 4.61. The van der Waals surface area contributed by atoms with Crippen LogP contribution in [-0.4, -0.2) is 39.4 Å². The minimum absolute atomic E-state index is 0. The van der Waals surface area contributed by atoms with E-state index < -0.39 is 0 Å². The van der Waals surface area contributed by atoms with Gasteiger partial charge in [-0.3, -0.25) is 0 Å². The number of hydrogen-bond donors (Lipinski definition) is 2. The first kappa shape index (κ1) is 24.4. The largest absolute Gasteiger partial charge is 0.382 e. The third-order valence-corrected chi connectivity index (χ3v) is 4.02. The minimum Gasteiger partial charge on any atom is -0.382 e. The Hall–Kier alpha value is -1.64. The smallest absolute Gasteiger partial charge is 0.196 e. The topological polar surface area (TPSA) is 54.9 Å². The Morgan fingerprint density at radius 3 is 2.39 bits per heavy atom. The lowest BCUT2D eigenvalue weighted by atomic mass is 10.1. The van der Waals surface area contributed by atoms with Crippen LogP contribution in [0.2, 0.25) is 0 Å². The van der Waals surface area contributed by atoms with E-state index in [4.69, 9.17) is 14.5 Å². The third-order valence-electron chi connectivity index (χ3n) is 4.02. The molecule has 0 heterocycles. The SMILES string of the molecule is COCCOCCCCNC(=NCc1ccc(C)cc1)Nc1ccccc1.I. The van der Waals surface area contributed by atoms with Crippen LogP contribution in [0.5, 0.6) is 0 Å². The second-order valence-electron chi connectivity index (χ2n) is 6.38. The zero-order valence-electron chi connectivity index (χ0n) is 16.8. The van der Waals surface area contributed by atoms with E-state index in [1.807, 2.05) is 30.3 Å². The Morgan fingerprint density at radius 1 is 0.929 bits per heavy atom. The molecule has 0 fully saturated rings. The molecule has 0 amide bonds. The van der Waals surface area contributed by atoms with E-state index in [2.05, 4.69) is 41.8 Å². The van der Waals surface area contributed by atoms with E-state index in [-0.39, 0.29) is 24.0 Å². The first-order valence-corrected chi connectivity index (χ1v) is 9.50. The molecular weight excluding hydrogens is 465 g/mol. The molecule has 0 aromatic heterocycles. The van der Waals surface area contributed by atoms with Crippen LogP contribution in [0.4, 0.5) is 5.69 Å². The van der Waals surface area contributed by atoms with Gasteiger partial charge in [0.25, 0.3) is 0 Å². The van der Waals surface area contributed by atoms with Crippen molar-refractivity contribution in [2.75, 3.05) is 38.8 Å². The molecule has 2 N–H and O–H groups in total. The zero-order chi connectivity index (χ0) is 19.2. The molecule has 0 bridgehead atoms. The maximum atomic E-state index is 5.49. The molecule has 0 saturated carbocycles. The first-order chi connectivity index (χ1) is 13.3. The molecule has 0 saturated heterocycles. The summed E-state index contributed by atoms with van der Waals surface area (Å²) in [5.41, 5.74) is 3.48. The van der Waals surface area contributed by atoms with E-state index in [0.29, 0.717) is 19.8 Å². The van der Waals surface area contributed by atoms with Gasteiger partial charge in [-0.2, -0.15) is 0 Å². The number of unbranched alkanes of at least 4 members (excludes halogenated alkanes) is 1. The van der Waals surface area contributed by atoms with Crippen molar-refractivity contribution in [1.29, 1.82) is 0 Å². The predicted molar refractivity (Wildman–Crippen MR) is 128 cm³/mol. The average molecular weight is 497 g/mol. The van der Waals surface area contributed by atoms with E-state index in [0.717, 1.165) is 37.6 Å². The molecule has 6 heteroatoms. The van der Waals surface area contributed by atoms with E-state index in [1.54, 1.807) is 7.11 Å². The van der Waals surface area contributed by atoms with Gasteiger partial charge in [0.2, 0.25) is 0 Å². The summed E-state index contributed by atoms with van der Waals surface area (Å²) in [5.74, 6) is 0.794. The number of methoxy groups -OCH3 is 1. The lowest BCUT2D eigenvalue weighted by Crippen LogP contribution is -2.31. The number of rotatable bonds is 11. The van der Waals surface area contributed by atoms with E-state index in [1.165, 1.54) is 11.1 Å². The molecule has 0 aliphatic heterocycles. The van der Waals surface area contributed by atoms with Gasteiger partial charge in [0, 0.05) is 25.9 Å². The number of aryl methyl sites for hydroxylation is 1. The van der Waals surface area contributed by atoms with E-state index >= 15 is 0 Å². The van der Waals surface area contributed by atoms with Crippen molar-refractivity contribution in [3.8, 4) is 0 Å². The third kappa shape index (κ3) is 10.6. The number of aliphatic imine (C=N–C) groups is 1.